The minimum atomic E-state index is 0.0318. The second kappa shape index (κ2) is 5.47. The average molecular weight is 346 g/mol. The van der Waals surface area contributed by atoms with Gasteiger partial charge in [-0.15, -0.1) is 0 Å². The Morgan fingerprint density at radius 3 is 2.40 bits per heavy atom. The van der Waals surface area contributed by atoms with E-state index in [1.165, 1.54) is 0 Å². The first-order valence-corrected chi connectivity index (χ1v) is 10.4. The topological polar surface area (TPSA) is 52.6 Å². The van der Waals surface area contributed by atoms with Crippen molar-refractivity contribution in [1.29, 1.82) is 0 Å². The highest BCUT2D eigenvalue weighted by Crippen LogP contribution is 2.58. The fraction of sp³-hybridized carbons (Fsp3) is 0.905. The Morgan fingerprint density at radius 2 is 1.60 bits per heavy atom. The third-order valence-corrected chi connectivity index (χ3v) is 8.66. The standard InChI is InChI=1S/C21H30O4/c1-9-7-15-14(20(22)24-18(15)11(9)3)5-4-13-12-6-10(2)17-16(8-12)19(13)25-21(17)23/h9-19H,4-8H2,1-3H3/t9?,10-,11+,12?,13+,14?,15?,16?,17?,18?,19?/m0/s1. The summed E-state index contributed by atoms with van der Waals surface area (Å²) < 4.78 is 11.6. The van der Waals surface area contributed by atoms with Crippen LogP contribution in [0.15, 0.2) is 0 Å². The fourth-order valence-electron chi connectivity index (χ4n) is 7.29. The molecule has 0 aromatic carbocycles. The lowest BCUT2D eigenvalue weighted by Gasteiger charge is -2.31. The van der Waals surface area contributed by atoms with Gasteiger partial charge < -0.3 is 9.47 Å². The Morgan fingerprint density at radius 1 is 0.840 bits per heavy atom. The van der Waals surface area contributed by atoms with Gasteiger partial charge in [-0.2, -0.15) is 0 Å². The molecule has 0 N–H and O–H groups in total. The smallest absolute Gasteiger partial charge is 0.309 e. The zero-order valence-electron chi connectivity index (χ0n) is 15.5. The van der Waals surface area contributed by atoms with Crippen molar-refractivity contribution in [2.24, 2.45) is 53.3 Å². The first kappa shape index (κ1) is 16.1. The van der Waals surface area contributed by atoms with Gasteiger partial charge >= 0.3 is 11.9 Å². The van der Waals surface area contributed by atoms with Crippen molar-refractivity contribution in [3.05, 3.63) is 0 Å². The molecule has 2 bridgehead atoms. The molecule has 5 fully saturated rings. The summed E-state index contributed by atoms with van der Waals surface area (Å²) in [6, 6.07) is 0. The van der Waals surface area contributed by atoms with Crippen LogP contribution in [0.1, 0.15) is 52.9 Å². The van der Waals surface area contributed by atoms with E-state index >= 15 is 0 Å². The minimum Gasteiger partial charge on any atom is -0.462 e. The Balaban J connectivity index is 1.29. The highest BCUT2D eigenvalue weighted by Gasteiger charge is 2.60. The summed E-state index contributed by atoms with van der Waals surface area (Å²) in [7, 11) is 0. The summed E-state index contributed by atoms with van der Waals surface area (Å²) in [5, 5.41) is 0. The van der Waals surface area contributed by atoms with Crippen LogP contribution in [0, 0.1) is 53.3 Å². The van der Waals surface area contributed by atoms with Crippen LogP contribution in [-0.4, -0.2) is 24.1 Å². The second-order valence-corrected chi connectivity index (χ2v) is 9.79. The van der Waals surface area contributed by atoms with E-state index in [1.54, 1.807) is 0 Å². The summed E-state index contributed by atoms with van der Waals surface area (Å²) in [5.74, 6) is 3.90. The zero-order valence-corrected chi connectivity index (χ0v) is 15.5. The average Bonchev–Trinajstić information content (AvgIpc) is 3.20. The van der Waals surface area contributed by atoms with Gasteiger partial charge in [0.1, 0.15) is 12.2 Å². The van der Waals surface area contributed by atoms with Gasteiger partial charge in [0.2, 0.25) is 0 Å². The van der Waals surface area contributed by atoms with Crippen LogP contribution >= 0.6 is 0 Å². The highest BCUT2D eigenvalue weighted by molar-refractivity contribution is 5.76. The predicted molar refractivity (Wildman–Crippen MR) is 91.3 cm³/mol. The molecule has 0 aromatic rings. The fourth-order valence-corrected chi connectivity index (χ4v) is 7.29. The van der Waals surface area contributed by atoms with Gasteiger partial charge in [-0.1, -0.05) is 20.8 Å². The van der Waals surface area contributed by atoms with Crippen LogP contribution in [0.3, 0.4) is 0 Å². The number of fused-ring (bicyclic) bond motifs is 2. The molecule has 25 heavy (non-hydrogen) atoms. The highest BCUT2D eigenvalue weighted by atomic mass is 16.6. The third-order valence-electron chi connectivity index (χ3n) is 8.66. The lowest BCUT2D eigenvalue weighted by molar-refractivity contribution is -0.150. The molecule has 2 saturated heterocycles. The van der Waals surface area contributed by atoms with E-state index in [1.807, 2.05) is 0 Å². The van der Waals surface area contributed by atoms with Crippen molar-refractivity contribution in [2.75, 3.05) is 0 Å². The van der Waals surface area contributed by atoms with Crippen molar-refractivity contribution in [1.82, 2.24) is 0 Å². The summed E-state index contributed by atoms with van der Waals surface area (Å²) >= 11 is 0. The first-order chi connectivity index (χ1) is 12.0. The molecular weight excluding hydrogens is 316 g/mol. The summed E-state index contributed by atoms with van der Waals surface area (Å²) in [6.45, 7) is 6.73. The van der Waals surface area contributed by atoms with Gasteiger partial charge in [-0.05, 0) is 61.7 Å². The van der Waals surface area contributed by atoms with Crippen LogP contribution in [0.4, 0.5) is 0 Å². The molecule has 3 aliphatic carbocycles. The number of ether oxygens (including phenoxy) is 2. The molecule has 3 saturated carbocycles. The molecule has 0 spiro atoms. The zero-order chi connectivity index (χ0) is 17.5. The van der Waals surface area contributed by atoms with Crippen LogP contribution in [0.2, 0.25) is 0 Å². The van der Waals surface area contributed by atoms with E-state index in [2.05, 4.69) is 20.8 Å². The molecule has 0 radical (unpaired) electrons. The summed E-state index contributed by atoms with van der Waals surface area (Å²) in [4.78, 5) is 24.7. The molecule has 4 nitrogen and oxygen atoms in total. The monoisotopic (exact) mass is 346 g/mol. The van der Waals surface area contributed by atoms with E-state index < -0.39 is 0 Å². The Bertz CT molecular complexity index is 599. The third kappa shape index (κ3) is 2.18. The van der Waals surface area contributed by atoms with Gasteiger partial charge in [0.05, 0.1) is 11.8 Å². The number of hydrogen-bond acceptors (Lipinski definition) is 4. The summed E-state index contributed by atoms with van der Waals surface area (Å²) in [6.07, 6.45) is 5.64. The van der Waals surface area contributed by atoms with Crippen molar-refractivity contribution in [3.8, 4) is 0 Å². The van der Waals surface area contributed by atoms with Crippen LogP contribution in [-0.2, 0) is 19.1 Å². The van der Waals surface area contributed by atoms with Gasteiger partial charge in [-0.25, -0.2) is 0 Å². The molecule has 138 valence electrons. The lowest BCUT2D eigenvalue weighted by Crippen LogP contribution is -2.30. The van der Waals surface area contributed by atoms with Crippen molar-refractivity contribution < 1.29 is 19.1 Å². The normalized spacial score (nSPS) is 56.0. The summed E-state index contributed by atoms with van der Waals surface area (Å²) in [5.41, 5.74) is 0. The minimum absolute atomic E-state index is 0.0318. The molecule has 11 atom stereocenters. The SMILES string of the molecule is CC1CC2C(CC[C@@H]3C4CC5C3OC(=O)C5[C@@H](C)C4)C(=O)OC2[C@@H]1C. The van der Waals surface area contributed by atoms with E-state index in [4.69, 9.17) is 9.47 Å². The molecule has 0 amide bonds. The molecular formula is C21H30O4. The Kier molecular flexibility index (Phi) is 3.53. The maximum Gasteiger partial charge on any atom is 0.309 e. The van der Waals surface area contributed by atoms with Crippen molar-refractivity contribution in [3.63, 3.8) is 0 Å². The Labute approximate surface area is 150 Å². The molecule has 2 heterocycles. The molecule has 0 aromatic heterocycles. The number of carbonyl (C=O) groups is 2. The van der Waals surface area contributed by atoms with Gasteiger partial charge in [0, 0.05) is 11.8 Å². The second-order valence-electron chi connectivity index (χ2n) is 9.79. The van der Waals surface area contributed by atoms with E-state index in [0.29, 0.717) is 41.4 Å². The first-order valence-electron chi connectivity index (χ1n) is 10.4. The van der Waals surface area contributed by atoms with Gasteiger partial charge in [0.15, 0.2) is 0 Å². The van der Waals surface area contributed by atoms with E-state index in [0.717, 1.165) is 32.1 Å². The predicted octanol–water partition coefficient (Wildman–Crippen LogP) is 3.43. The lowest BCUT2D eigenvalue weighted by atomic mass is 9.73. The van der Waals surface area contributed by atoms with Gasteiger partial charge in [0.25, 0.3) is 0 Å². The van der Waals surface area contributed by atoms with E-state index in [9.17, 15) is 9.59 Å². The maximum atomic E-state index is 12.4. The maximum absolute atomic E-state index is 12.4. The number of esters is 2. The molecule has 4 heteroatoms. The molecule has 5 rings (SSSR count). The molecule has 2 aliphatic heterocycles. The van der Waals surface area contributed by atoms with Gasteiger partial charge in [-0.3, -0.25) is 9.59 Å². The van der Waals surface area contributed by atoms with Crippen molar-refractivity contribution >= 4 is 11.9 Å². The molecule has 5 aliphatic rings. The largest absolute Gasteiger partial charge is 0.462 e. The van der Waals surface area contributed by atoms with Crippen molar-refractivity contribution in [2.45, 2.75) is 65.1 Å². The van der Waals surface area contributed by atoms with E-state index in [-0.39, 0.29) is 36.0 Å². The van der Waals surface area contributed by atoms with Crippen LogP contribution in [0.25, 0.3) is 0 Å². The number of rotatable bonds is 3. The number of hydrogen-bond donors (Lipinski definition) is 0. The van der Waals surface area contributed by atoms with Crippen LogP contribution < -0.4 is 0 Å². The number of carbonyl (C=O) groups excluding carboxylic acids is 2. The van der Waals surface area contributed by atoms with Crippen LogP contribution in [0.5, 0.6) is 0 Å². The quantitative estimate of drug-likeness (QED) is 0.735. The molecule has 8 unspecified atom stereocenters. The Hall–Kier alpha value is -1.06.